The summed E-state index contributed by atoms with van der Waals surface area (Å²) in [6, 6.07) is 27.3. The van der Waals surface area contributed by atoms with Gasteiger partial charge in [-0.2, -0.15) is 0 Å². The van der Waals surface area contributed by atoms with Crippen LogP contribution in [0.1, 0.15) is 10.4 Å². The Bertz CT molecular complexity index is 1600. The summed E-state index contributed by atoms with van der Waals surface area (Å²) in [6.45, 7) is 0. The average Bonchev–Trinajstić information content (AvgIpc) is 3.14. The van der Waals surface area contributed by atoms with E-state index in [9.17, 15) is 4.79 Å². The number of aromatic nitrogens is 3. The van der Waals surface area contributed by atoms with Crippen LogP contribution in [0, 0.1) is 0 Å². The van der Waals surface area contributed by atoms with E-state index in [1.165, 1.54) is 0 Å². The van der Waals surface area contributed by atoms with Crippen molar-refractivity contribution in [3.05, 3.63) is 90.5 Å². The molecule has 30 heavy (non-hydrogen) atoms. The number of nitrogens with zero attached hydrogens (tertiary/aromatic N) is 2. The molecule has 0 spiro atoms. The minimum Gasteiger partial charge on any atom is -0.338 e. The molecule has 2 aromatic heterocycles. The zero-order chi connectivity index (χ0) is 20.1. The molecule has 2 N–H and O–H groups in total. The van der Waals surface area contributed by atoms with Crippen molar-refractivity contribution in [2.75, 3.05) is 5.32 Å². The number of fused-ring (bicyclic) bond motifs is 5. The van der Waals surface area contributed by atoms with Crippen molar-refractivity contribution in [3.63, 3.8) is 0 Å². The summed E-state index contributed by atoms with van der Waals surface area (Å²) in [5.74, 6) is -0.152. The molecule has 0 fully saturated rings. The van der Waals surface area contributed by atoms with Crippen molar-refractivity contribution in [1.29, 1.82) is 0 Å². The number of aromatic amines is 1. The van der Waals surface area contributed by atoms with Crippen LogP contribution >= 0.6 is 0 Å². The summed E-state index contributed by atoms with van der Waals surface area (Å²) in [7, 11) is 0. The molecule has 142 valence electrons. The van der Waals surface area contributed by atoms with Gasteiger partial charge >= 0.3 is 0 Å². The van der Waals surface area contributed by atoms with Gasteiger partial charge in [0.1, 0.15) is 5.52 Å². The van der Waals surface area contributed by atoms with Crippen LogP contribution in [0.25, 0.3) is 43.9 Å². The van der Waals surface area contributed by atoms with Gasteiger partial charge in [-0.3, -0.25) is 4.79 Å². The largest absolute Gasteiger partial charge is 0.338 e. The lowest BCUT2D eigenvalue weighted by molar-refractivity contribution is 0.102. The van der Waals surface area contributed by atoms with Crippen LogP contribution in [0.5, 0.6) is 0 Å². The van der Waals surface area contributed by atoms with E-state index in [1.807, 2.05) is 84.9 Å². The molecule has 5 heteroatoms. The molecule has 5 nitrogen and oxygen atoms in total. The topological polar surface area (TPSA) is 70.7 Å². The van der Waals surface area contributed by atoms with Crippen molar-refractivity contribution in [1.82, 2.24) is 15.0 Å². The number of benzene rings is 4. The molecule has 0 atom stereocenters. The number of carbonyl (C=O) groups excluding carboxylic acids is 1. The molecule has 0 saturated carbocycles. The third kappa shape index (κ3) is 2.68. The molecule has 0 saturated heterocycles. The Labute approximate surface area is 171 Å². The van der Waals surface area contributed by atoms with Crippen LogP contribution in [-0.4, -0.2) is 20.9 Å². The summed E-state index contributed by atoms with van der Waals surface area (Å²) in [5, 5.41) is 6.16. The van der Waals surface area contributed by atoms with Gasteiger partial charge in [-0.15, -0.1) is 0 Å². The molecular formula is C25H16N4O. The Morgan fingerprint density at radius 3 is 2.53 bits per heavy atom. The van der Waals surface area contributed by atoms with Gasteiger partial charge in [-0.25, -0.2) is 9.97 Å². The van der Waals surface area contributed by atoms with Gasteiger partial charge in [-0.1, -0.05) is 48.5 Å². The molecule has 0 aliphatic heterocycles. The highest BCUT2D eigenvalue weighted by molar-refractivity contribution is 6.08. The van der Waals surface area contributed by atoms with Crippen molar-refractivity contribution in [3.8, 4) is 0 Å². The molecule has 4 aromatic carbocycles. The number of H-pyrrole nitrogens is 1. The third-order valence-electron chi connectivity index (χ3n) is 5.37. The van der Waals surface area contributed by atoms with Gasteiger partial charge in [0.05, 0.1) is 11.0 Å². The molecule has 6 rings (SSSR count). The van der Waals surface area contributed by atoms with E-state index < -0.39 is 0 Å². The zero-order valence-electron chi connectivity index (χ0n) is 15.9. The Morgan fingerprint density at radius 2 is 1.60 bits per heavy atom. The SMILES string of the molecule is O=C(Nc1ccc2nc3[nH]c4ccccc4c3nc2c1)c1ccc2ccccc2c1. The second-order valence-corrected chi connectivity index (χ2v) is 7.31. The summed E-state index contributed by atoms with van der Waals surface area (Å²) < 4.78 is 0. The van der Waals surface area contributed by atoms with Crippen LogP contribution in [0.15, 0.2) is 84.9 Å². The molecule has 0 aliphatic rings. The quantitative estimate of drug-likeness (QED) is 0.401. The van der Waals surface area contributed by atoms with E-state index in [-0.39, 0.29) is 5.91 Å². The first-order chi connectivity index (χ1) is 14.7. The third-order valence-corrected chi connectivity index (χ3v) is 5.37. The highest BCUT2D eigenvalue weighted by Gasteiger charge is 2.11. The predicted octanol–water partition coefficient (Wildman–Crippen LogP) is 5.67. The van der Waals surface area contributed by atoms with Crippen LogP contribution in [0.2, 0.25) is 0 Å². The summed E-state index contributed by atoms with van der Waals surface area (Å²) in [5.41, 5.74) is 5.42. The molecule has 0 aliphatic carbocycles. The van der Waals surface area contributed by atoms with Gasteiger partial charge in [0.15, 0.2) is 5.65 Å². The highest BCUT2D eigenvalue weighted by Crippen LogP contribution is 2.26. The fourth-order valence-electron chi connectivity index (χ4n) is 3.87. The van der Waals surface area contributed by atoms with Crippen LogP contribution in [-0.2, 0) is 0 Å². The summed E-state index contributed by atoms with van der Waals surface area (Å²) >= 11 is 0. The summed E-state index contributed by atoms with van der Waals surface area (Å²) in [4.78, 5) is 25.6. The van der Waals surface area contributed by atoms with E-state index in [0.717, 1.165) is 43.9 Å². The van der Waals surface area contributed by atoms with Crippen LogP contribution in [0.4, 0.5) is 5.69 Å². The Hall–Kier alpha value is -4.25. The number of para-hydroxylation sites is 1. The first-order valence-electron chi connectivity index (χ1n) is 9.73. The molecule has 2 heterocycles. The van der Waals surface area contributed by atoms with Gasteiger partial charge in [0.25, 0.3) is 5.91 Å². The van der Waals surface area contributed by atoms with Crippen LogP contribution in [0.3, 0.4) is 0 Å². The number of rotatable bonds is 2. The number of hydrogen-bond donors (Lipinski definition) is 2. The molecule has 6 aromatic rings. The van der Waals surface area contributed by atoms with E-state index in [0.29, 0.717) is 11.3 Å². The lowest BCUT2D eigenvalue weighted by atomic mass is 10.1. The fourth-order valence-corrected chi connectivity index (χ4v) is 3.87. The van der Waals surface area contributed by atoms with E-state index in [1.54, 1.807) is 0 Å². The van der Waals surface area contributed by atoms with Gasteiger partial charge < -0.3 is 10.3 Å². The Morgan fingerprint density at radius 1 is 0.767 bits per heavy atom. The van der Waals surface area contributed by atoms with E-state index >= 15 is 0 Å². The average molecular weight is 388 g/mol. The number of hydrogen-bond acceptors (Lipinski definition) is 3. The minimum absolute atomic E-state index is 0.152. The van der Waals surface area contributed by atoms with E-state index in [4.69, 9.17) is 9.97 Å². The lowest BCUT2D eigenvalue weighted by Gasteiger charge is -2.07. The smallest absolute Gasteiger partial charge is 0.255 e. The number of carbonyl (C=O) groups is 1. The van der Waals surface area contributed by atoms with E-state index in [2.05, 4.69) is 10.3 Å². The number of nitrogens with one attached hydrogen (secondary N) is 2. The highest BCUT2D eigenvalue weighted by atomic mass is 16.1. The lowest BCUT2D eigenvalue weighted by Crippen LogP contribution is -2.11. The fraction of sp³-hybridized carbons (Fsp3) is 0. The van der Waals surface area contributed by atoms with Gasteiger partial charge in [-0.05, 0) is 47.2 Å². The second kappa shape index (κ2) is 6.39. The van der Waals surface area contributed by atoms with Crippen molar-refractivity contribution >= 4 is 55.5 Å². The Kier molecular flexibility index (Phi) is 3.55. The number of anilines is 1. The van der Waals surface area contributed by atoms with Crippen molar-refractivity contribution in [2.45, 2.75) is 0 Å². The summed E-state index contributed by atoms with van der Waals surface area (Å²) in [6.07, 6.45) is 0. The minimum atomic E-state index is -0.152. The zero-order valence-corrected chi connectivity index (χ0v) is 15.9. The second-order valence-electron chi connectivity index (χ2n) is 7.31. The van der Waals surface area contributed by atoms with Gasteiger partial charge in [0.2, 0.25) is 0 Å². The molecule has 0 bridgehead atoms. The standard InChI is InChI=1S/C25H16N4O/c30-25(17-10-9-15-5-1-2-6-16(15)13-17)26-18-11-12-21-22(14-18)27-23-19-7-3-4-8-20(19)28-24(23)29-21/h1-14H,(H,26,30)(H,28,29). The maximum atomic E-state index is 12.8. The molecule has 1 amide bonds. The molecule has 0 unspecified atom stereocenters. The maximum absolute atomic E-state index is 12.8. The first kappa shape index (κ1) is 16.7. The van der Waals surface area contributed by atoms with Crippen molar-refractivity contribution in [2.24, 2.45) is 0 Å². The van der Waals surface area contributed by atoms with Crippen molar-refractivity contribution < 1.29 is 4.79 Å². The maximum Gasteiger partial charge on any atom is 0.255 e. The molecule has 0 radical (unpaired) electrons. The molecular weight excluding hydrogens is 372 g/mol. The predicted molar refractivity (Wildman–Crippen MR) is 121 cm³/mol. The monoisotopic (exact) mass is 388 g/mol. The first-order valence-corrected chi connectivity index (χ1v) is 9.73. The Balaban J connectivity index is 1.38. The number of amides is 1. The van der Waals surface area contributed by atoms with Gasteiger partial charge in [0, 0.05) is 22.2 Å². The van der Waals surface area contributed by atoms with Crippen LogP contribution < -0.4 is 5.32 Å². The normalized spacial score (nSPS) is 11.5.